The Morgan fingerprint density at radius 3 is 2.60 bits per heavy atom. The molecule has 1 N–H and O–H groups in total. The third-order valence-electron chi connectivity index (χ3n) is 4.54. The minimum absolute atomic E-state index is 0.00488. The first-order valence-corrected chi connectivity index (χ1v) is 8.31. The number of aliphatic carboxylic acids is 1. The molecule has 1 amide bonds. The van der Waals surface area contributed by atoms with E-state index >= 15 is 0 Å². The molecule has 1 aliphatic heterocycles. The van der Waals surface area contributed by atoms with Crippen LogP contribution in [0.1, 0.15) is 29.0 Å². The normalized spacial score (nSPS) is 19.6. The predicted octanol–water partition coefficient (Wildman–Crippen LogP) is 3.57. The molecule has 0 unspecified atom stereocenters. The van der Waals surface area contributed by atoms with E-state index in [1.165, 1.54) is 4.90 Å². The van der Waals surface area contributed by atoms with E-state index in [0.717, 1.165) is 16.7 Å². The van der Waals surface area contributed by atoms with E-state index < -0.39 is 18.1 Å². The highest BCUT2D eigenvalue weighted by atomic mass is 16.6. The average Bonchev–Trinajstić information content (AvgIpc) is 3.06. The highest BCUT2D eigenvalue weighted by Gasteiger charge is 2.41. The number of carboxylic acid groups (broad SMARTS) is 1. The molecule has 1 heterocycles. The molecular weight excluding hydrogens is 318 g/mol. The van der Waals surface area contributed by atoms with Gasteiger partial charge in [-0.25, -0.2) is 9.59 Å². The van der Waals surface area contributed by atoms with Crippen LogP contribution in [0.25, 0.3) is 0 Å². The lowest BCUT2D eigenvalue weighted by Crippen LogP contribution is -2.40. The highest BCUT2D eigenvalue weighted by Crippen LogP contribution is 2.32. The number of benzene rings is 2. The van der Waals surface area contributed by atoms with Crippen molar-refractivity contribution in [3.63, 3.8) is 0 Å². The number of ether oxygens (including phenoxy) is 1. The number of hydrogen-bond acceptors (Lipinski definition) is 3. The molecule has 0 aromatic heterocycles. The summed E-state index contributed by atoms with van der Waals surface area (Å²) < 4.78 is 5.32. The van der Waals surface area contributed by atoms with Gasteiger partial charge < -0.3 is 9.84 Å². The van der Waals surface area contributed by atoms with Gasteiger partial charge in [-0.2, -0.15) is 0 Å². The third-order valence-corrected chi connectivity index (χ3v) is 4.54. The number of nitrogens with zero attached hydrogens (tertiary/aromatic N) is 1. The van der Waals surface area contributed by atoms with Crippen LogP contribution in [0.5, 0.6) is 0 Å². The van der Waals surface area contributed by atoms with Crippen molar-refractivity contribution in [2.24, 2.45) is 0 Å². The summed E-state index contributed by atoms with van der Waals surface area (Å²) in [6.07, 6.45) is -0.175. The summed E-state index contributed by atoms with van der Waals surface area (Å²) in [5, 5.41) is 9.49. The fraction of sp³-hybridized carbons (Fsp3) is 0.300. The Kier molecular flexibility index (Phi) is 5.03. The molecule has 1 fully saturated rings. The van der Waals surface area contributed by atoms with E-state index in [1.54, 1.807) is 0 Å². The summed E-state index contributed by atoms with van der Waals surface area (Å²) in [4.78, 5) is 25.3. The van der Waals surface area contributed by atoms with Crippen molar-refractivity contribution in [1.29, 1.82) is 0 Å². The van der Waals surface area contributed by atoms with Gasteiger partial charge in [0.05, 0.1) is 0 Å². The molecule has 2 atom stereocenters. The zero-order valence-electron chi connectivity index (χ0n) is 14.1. The summed E-state index contributed by atoms with van der Waals surface area (Å²) >= 11 is 0. The van der Waals surface area contributed by atoms with Gasteiger partial charge in [0.1, 0.15) is 12.6 Å². The van der Waals surface area contributed by atoms with Gasteiger partial charge in [-0.3, -0.25) is 4.90 Å². The maximum absolute atomic E-state index is 12.4. The molecule has 0 bridgehead atoms. The minimum atomic E-state index is -0.994. The van der Waals surface area contributed by atoms with E-state index in [-0.39, 0.29) is 12.5 Å². The molecule has 0 aliphatic carbocycles. The SMILES string of the molecule is Cc1cccc([C@@H]2C[C@@H](C(=O)O)N(C(=O)OCc3ccccc3)C2)c1. The third kappa shape index (κ3) is 3.99. The first-order chi connectivity index (χ1) is 12.0. The standard InChI is InChI=1S/C20H21NO4/c1-14-6-5-9-16(10-14)17-11-18(19(22)23)21(12-17)20(24)25-13-15-7-3-2-4-8-15/h2-10,17-18H,11-13H2,1H3,(H,22,23)/t17-,18+/m1/s1. The molecule has 2 aromatic rings. The molecule has 1 saturated heterocycles. The van der Waals surface area contributed by atoms with E-state index in [9.17, 15) is 14.7 Å². The Morgan fingerprint density at radius 1 is 1.16 bits per heavy atom. The van der Waals surface area contributed by atoms with Gasteiger partial charge >= 0.3 is 12.1 Å². The number of aryl methyl sites for hydroxylation is 1. The zero-order chi connectivity index (χ0) is 17.8. The number of rotatable bonds is 4. The fourth-order valence-electron chi connectivity index (χ4n) is 3.24. The summed E-state index contributed by atoms with van der Waals surface area (Å²) in [6.45, 7) is 2.49. The van der Waals surface area contributed by atoms with Crippen molar-refractivity contribution in [1.82, 2.24) is 4.90 Å². The smallest absolute Gasteiger partial charge is 0.410 e. The molecule has 0 spiro atoms. The predicted molar refractivity (Wildman–Crippen MR) is 93.3 cm³/mol. The second-order valence-electron chi connectivity index (χ2n) is 6.39. The second-order valence-corrected chi connectivity index (χ2v) is 6.39. The van der Waals surface area contributed by atoms with E-state index in [1.807, 2.05) is 61.5 Å². The molecule has 25 heavy (non-hydrogen) atoms. The van der Waals surface area contributed by atoms with E-state index in [2.05, 4.69) is 0 Å². The van der Waals surface area contributed by atoms with Crippen LogP contribution in [0.4, 0.5) is 4.79 Å². The fourth-order valence-corrected chi connectivity index (χ4v) is 3.24. The van der Waals surface area contributed by atoms with Crippen LogP contribution in [-0.4, -0.2) is 34.7 Å². The molecule has 5 nitrogen and oxygen atoms in total. The molecule has 1 aliphatic rings. The first-order valence-electron chi connectivity index (χ1n) is 8.31. The first kappa shape index (κ1) is 17.0. The lowest BCUT2D eigenvalue weighted by atomic mass is 9.95. The number of amides is 1. The monoisotopic (exact) mass is 339 g/mol. The molecule has 2 aromatic carbocycles. The van der Waals surface area contributed by atoms with Crippen molar-refractivity contribution >= 4 is 12.1 Å². The van der Waals surface area contributed by atoms with Crippen molar-refractivity contribution in [2.75, 3.05) is 6.54 Å². The van der Waals surface area contributed by atoms with Gasteiger partial charge in [-0.1, -0.05) is 60.2 Å². The Labute approximate surface area is 146 Å². The van der Waals surface area contributed by atoms with Crippen LogP contribution in [0.2, 0.25) is 0 Å². The lowest BCUT2D eigenvalue weighted by Gasteiger charge is -2.21. The quantitative estimate of drug-likeness (QED) is 0.925. The van der Waals surface area contributed by atoms with Gasteiger partial charge in [-0.05, 0) is 24.5 Å². The van der Waals surface area contributed by atoms with Gasteiger partial charge in [0.2, 0.25) is 0 Å². The van der Waals surface area contributed by atoms with Crippen LogP contribution in [-0.2, 0) is 16.1 Å². The molecule has 5 heteroatoms. The van der Waals surface area contributed by atoms with Crippen molar-refractivity contribution in [3.05, 3.63) is 71.3 Å². The Balaban J connectivity index is 1.70. The van der Waals surface area contributed by atoms with E-state index in [4.69, 9.17) is 4.74 Å². The summed E-state index contributed by atoms with van der Waals surface area (Å²) in [6, 6.07) is 16.5. The van der Waals surface area contributed by atoms with Gasteiger partial charge in [0.15, 0.2) is 0 Å². The molecular formula is C20H21NO4. The van der Waals surface area contributed by atoms with Gasteiger partial charge in [-0.15, -0.1) is 0 Å². The van der Waals surface area contributed by atoms with Crippen LogP contribution in [0.15, 0.2) is 54.6 Å². The van der Waals surface area contributed by atoms with Crippen molar-refractivity contribution in [3.8, 4) is 0 Å². The molecule has 0 saturated carbocycles. The summed E-state index contributed by atoms with van der Waals surface area (Å²) in [5.41, 5.74) is 3.05. The van der Waals surface area contributed by atoms with Crippen molar-refractivity contribution in [2.45, 2.75) is 31.9 Å². The maximum atomic E-state index is 12.4. The summed E-state index contributed by atoms with van der Waals surface area (Å²) in [5.74, 6) is -0.989. The number of hydrogen-bond donors (Lipinski definition) is 1. The number of carbonyl (C=O) groups excluding carboxylic acids is 1. The average molecular weight is 339 g/mol. The second kappa shape index (κ2) is 7.38. The minimum Gasteiger partial charge on any atom is -0.480 e. The highest BCUT2D eigenvalue weighted by molar-refractivity contribution is 5.81. The lowest BCUT2D eigenvalue weighted by molar-refractivity contribution is -0.141. The molecule has 0 radical (unpaired) electrons. The Bertz CT molecular complexity index is 759. The zero-order valence-corrected chi connectivity index (χ0v) is 14.1. The number of likely N-dealkylation sites (tertiary alicyclic amines) is 1. The Hall–Kier alpha value is -2.82. The number of carboxylic acids is 1. The number of carbonyl (C=O) groups is 2. The topological polar surface area (TPSA) is 66.8 Å². The molecule has 130 valence electrons. The van der Waals surface area contributed by atoms with Crippen LogP contribution >= 0.6 is 0 Å². The van der Waals surface area contributed by atoms with Crippen molar-refractivity contribution < 1.29 is 19.4 Å². The van der Waals surface area contributed by atoms with Gasteiger partial charge in [0, 0.05) is 12.5 Å². The largest absolute Gasteiger partial charge is 0.480 e. The summed E-state index contributed by atoms with van der Waals surface area (Å²) in [7, 11) is 0. The van der Waals surface area contributed by atoms with E-state index in [0.29, 0.717) is 13.0 Å². The van der Waals surface area contributed by atoms with Gasteiger partial charge in [0.25, 0.3) is 0 Å². The van der Waals surface area contributed by atoms with Crippen LogP contribution in [0, 0.1) is 6.92 Å². The molecule has 3 rings (SSSR count). The van der Waals surface area contributed by atoms with Crippen LogP contribution in [0.3, 0.4) is 0 Å². The van der Waals surface area contributed by atoms with Crippen LogP contribution < -0.4 is 0 Å². The Morgan fingerprint density at radius 2 is 1.92 bits per heavy atom. The maximum Gasteiger partial charge on any atom is 0.410 e.